The van der Waals surface area contributed by atoms with Gasteiger partial charge in [0.2, 0.25) is 0 Å². The van der Waals surface area contributed by atoms with Crippen LogP contribution in [0.2, 0.25) is 0 Å². The molecule has 0 fully saturated rings. The van der Waals surface area contributed by atoms with E-state index in [4.69, 9.17) is 4.55 Å². The molecule has 0 spiro atoms. The Bertz CT molecular complexity index is 320. The highest BCUT2D eigenvalue weighted by Gasteiger charge is 2.24. The van der Waals surface area contributed by atoms with Crippen LogP contribution < -0.4 is 0 Å². The minimum absolute atomic E-state index is 0.0140. The Morgan fingerprint density at radius 1 is 1.00 bits per heavy atom. The minimum atomic E-state index is -3.96. The van der Waals surface area contributed by atoms with Crippen LogP contribution in [-0.4, -0.2) is 65.7 Å². The van der Waals surface area contributed by atoms with E-state index in [1.165, 1.54) is 0 Å². The Morgan fingerprint density at radius 3 is 1.75 bits per heavy atom. The maximum Gasteiger partial charge on any atom is 0.264 e. The molecule has 0 aliphatic carbocycles. The van der Waals surface area contributed by atoms with Crippen molar-refractivity contribution in [1.82, 2.24) is 4.90 Å². The number of nitrogens with zero attached hydrogens (tertiary/aromatic N) is 1. The number of aliphatic hydroxyl groups excluding tert-OH is 2. The van der Waals surface area contributed by atoms with E-state index in [0.29, 0.717) is 13.0 Å². The van der Waals surface area contributed by atoms with Crippen molar-refractivity contribution in [3.05, 3.63) is 0 Å². The van der Waals surface area contributed by atoms with Gasteiger partial charge in [-0.2, -0.15) is 8.42 Å². The Morgan fingerprint density at radius 2 is 1.45 bits per heavy atom. The fourth-order valence-corrected chi connectivity index (χ4v) is 2.98. The molecule has 0 aromatic carbocycles. The van der Waals surface area contributed by atoms with Crippen molar-refractivity contribution in [3.8, 4) is 0 Å². The molecule has 0 heterocycles. The predicted molar refractivity (Wildman–Crippen MR) is 79.3 cm³/mol. The zero-order valence-electron chi connectivity index (χ0n) is 12.5. The van der Waals surface area contributed by atoms with Gasteiger partial charge in [-0.15, -0.1) is 0 Å². The lowest BCUT2D eigenvalue weighted by molar-refractivity contribution is 0.0431. The zero-order valence-corrected chi connectivity index (χ0v) is 13.3. The van der Waals surface area contributed by atoms with Gasteiger partial charge in [0, 0.05) is 12.1 Å². The first kappa shape index (κ1) is 19.8. The van der Waals surface area contributed by atoms with Crippen LogP contribution in [0.25, 0.3) is 0 Å². The number of rotatable bonds is 12. The molecule has 0 aromatic heterocycles. The molecule has 0 aliphatic rings. The summed E-state index contributed by atoms with van der Waals surface area (Å²) in [5.41, 5.74) is 0. The van der Waals surface area contributed by atoms with E-state index in [1.807, 2.05) is 18.7 Å². The van der Waals surface area contributed by atoms with Crippen LogP contribution >= 0.6 is 0 Å². The quantitative estimate of drug-likeness (QED) is 0.463. The van der Waals surface area contributed by atoms with Gasteiger partial charge >= 0.3 is 0 Å². The first-order valence-electron chi connectivity index (χ1n) is 7.32. The predicted octanol–water partition coefficient (Wildman–Crippen LogP) is 0.888. The Hall–Kier alpha value is -0.210. The molecule has 0 amide bonds. The number of hydrogen-bond donors (Lipinski definition) is 3. The molecule has 0 bridgehead atoms. The normalized spacial score (nSPS) is 15.5. The summed E-state index contributed by atoms with van der Waals surface area (Å²) >= 11 is 0. The number of hydrogen-bond acceptors (Lipinski definition) is 5. The van der Waals surface area contributed by atoms with Crippen molar-refractivity contribution >= 4 is 10.1 Å². The van der Waals surface area contributed by atoms with E-state index in [0.717, 1.165) is 25.7 Å². The second-order valence-electron chi connectivity index (χ2n) is 5.13. The summed E-state index contributed by atoms with van der Waals surface area (Å²) in [4.78, 5) is 1.98. The van der Waals surface area contributed by atoms with Gasteiger partial charge in [-0.3, -0.25) is 9.45 Å². The van der Waals surface area contributed by atoms with Crippen molar-refractivity contribution in [2.24, 2.45) is 0 Å². The second kappa shape index (κ2) is 10.5. The Labute approximate surface area is 122 Å². The molecular formula is C13H29NO5S. The molecule has 2 unspecified atom stereocenters. The number of aliphatic hydroxyl groups is 2. The minimum Gasteiger partial charge on any atom is -0.395 e. The molecule has 122 valence electrons. The Kier molecular flexibility index (Phi) is 10.4. The van der Waals surface area contributed by atoms with Gasteiger partial charge in [-0.05, 0) is 25.8 Å². The van der Waals surface area contributed by atoms with E-state index < -0.39 is 10.1 Å². The van der Waals surface area contributed by atoms with Crippen LogP contribution in [0.3, 0.4) is 0 Å². The monoisotopic (exact) mass is 311 g/mol. The van der Waals surface area contributed by atoms with Crippen LogP contribution in [0.4, 0.5) is 0 Å². The lowest BCUT2D eigenvalue weighted by Crippen LogP contribution is -2.47. The Balaban J connectivity index is 4.74. The highest BCUT2D eigenvalue weighted by molar-refractivity contribution is 7.85. The van der Waals surface area contributed by atoms with Crippen molar-refractivity contribution in [1.29, 1.82) is 0 Å². The first-order chi connectivity index (χ1) is 9.39. The smallest absolute Gasteiger partial charge is 0.264 e. The summed E-state index contributed by atoms with van der Waals surface area (Å²) in [6.45, 7) is 4.45. The van der Waals surface area contributed by atoms with Crippen LogP contribution in [-0.2, 0) is 10.1 Å². The van der Waals surface area contributed by atoms with Crippen molar-refractivity contribution in [2.75, 3.05) is 25.5 Å². The summed E-state index contributed by atoms with van der Waals surface area (Å²) in [5.74, 6) is -0.294. The second-order valence-corrected chi connectivity index (χ2v) is 6.70. The SMILES string of the molecule is CCCC(CO)N(CCCS(=O)(=O)O)C(CO)CCC. The average molecular weight is 311 g/mol. The van der Waals surface area contributed by atoms with Gasteiger partial charge < -0.3 is 10.2 Å². The molecule has 6 nitrogen and oxygen atoms in total. The standard InChI is InChI=1S/C13H29NO5S/c1-3-6-12(10-15)14(13(11-16)7-4-2)8-5-9-20(17,18)19/h12-13,15-16H,3-11H2,1-2H3,(H,17,18,19). The lowest BCUT2D eigenvalue weighted by Gasteiger charge is -2.36. The van der Waals surface area contributed by atoms with Gasteiger partial charge in [0.1, 0.15) is 0 Å². The van der Waals surface area contributed by atoms with E-state index in [1.54, 1.807) is 0 Å². The molecule has 0 saturated carbocycles. The van der Waals surface area contributed by atoms with Crippen LogP contribution in [0, 0.1) is 0 Å². The summed E-state index contributed by atoms with van der Waals surface area (Å²) in [6.07, 6.45) is 3.69. The summed E-state index contributed by atoms with van der Waals surface area (Å²) in [5, 5.41) is 19.0. The third-order valence-corrected chi connectivity index (χ3v) is 4.23. The first-order valence-corrected chi connectivity index (χ1v) is 8.93. The molecular weight excluding hydrogens is 282 g/mol. The molecule has 3 N–H and O–H groups in total. The molecule has 0 aromatic rings. The maximum atomic E-state index is 10.8. The molecule has 0 saturated heterocycles. The summed E-state index contributed by atoms with van der Waals surface area (Å²) in [6, 6.07) is -0.157. The van der Waals surface area contributed by atoms with Crippen LogP contribution in [0.5, 0.6) is 0 Å². The van der Waals surface area contributed by atoms with Gasteiger partial charge in [0.25, 0.3) is 10.1 Å². The van der Waals surface area contributed by atoms with Gasteiger partial charge in [0.05, 0.1) is 19.0 Å². The van der Waals surface area contributed by atoms with E-state index >= 15 is 0 Å². The van der Waals surface area contributed by atoms with Crippen molar-refractivity contribution in [3.63, 3.8) is 0 Å². The maximum absolute atomic E-state index is 10.8. The van der Waals surface area contributed by atoms with E-state index in [9.17, 15) is 18.6 Å². The van der Waals surface area contributed by atoms with Gasteiger partial charge in [-0.1, -0.05) is 26.7 Å². The largest absolute Gasteiger partial charge is 0.395 e. The van der Waals surface area contributed by atoms with Crippen LogP contribution in [0.15, 0.2) is 0 Å². The summed E-state index contributed by atoms with van der Waals surface area (Å²) in [7, 11) is -3.96. The fourth-order valence-electron chi connectivity index (χ4n) is 2.48. The topological polar surface area (TPSA) is 98.1 Å². The molecule has 0 rings (SSSR count). The van der Waals surface area contributed by atoms with Crippen LogP contribution in [0.1, 0.15) is 46.0 Å². The average Bonchev–Trinajstić information content (AvgIpc) is 2.38. The lowest BCUT2D eigenvalue weighted by atomic mass is 10.0. The zero-order chi connectivity index (χ0) is 15.6. The molecule has 2 atom stereocenters. The van der Waals surface area contributed by atoms with E-state index in [-0.39, 0.29) is 31.1 Å². The van der Waals surface area contributed by atoms with Crippen molar-refractivity contribution < 1.29 is 23.2 Å². The third-order valence-electron chi connectivity index (χ3n) is 3.42. The fraction of sp³-hybridized carbons (Fsp3) is 1.00. The third kappa shape index (κ3) is 8.16. The van der Waals surface area contributed by atoms with E-state index in [2.05, 4.69) is 0 Å². The summed E-state index contributed by atoms with van der Waals surface area (Å²) < 4.78 is 30.3. The van der Waals surface area contributed by atoms with Crippen molar-refractivity contribution in [2.45, 2.75) is 58.0 Å². The molecule has 0 aliphatic heterocycles. The molecule has 20 heavy (non-hydrogen) atoms. The highest BCUT2D eigenvalue weighted by atomic mass is 32.2. The van der Waals surface area contributed by atoms with Gasteiger partial charge in [0.15, 0.2) is 0 Å². The van der Waals surface area contributed by atoms with Gasteiger partial charge in [-0.25, -0.2) is 0 Å². The highest BCUT2D eigenvalue weighted by Crippen LogP contribution is 2.16. The molecule has 0 radical (unpaired) electrons. The molecule has 7 heteroatoms.